The Morgan fingerprint density at radius 3 is 1.23 bits per heavy atom. The molecular weight excluding hydrogens is 352 g/mol. The van der Waals surface area contributed by atoms with Crippen LogP contribution in [0.15, 0.2) is 0 Å². The van der Waals surface area contributed by atoms with Crippen molar-refractivity contribution in [1.82, 2.24) is 0 Å². The molecule has 0 aliphatic heterocycles. The predicted octanol–water partition coefficient (Wildman–Crippen LogP) is 5.91. The summed E-state index contributed by atoms with van der Waals surface area (Å²) < 4.78 is 0. The predicted molar refractivity (Wildman–Crippen MR) is 111 cm³/mol. The smallest absolute Gasteiger partial charge is 0.303 e. The van der Waals surface area contributed by atoms with Crippen molar-refractivity contribution < 1.29 is 20.1 Å². The lowest BCUT2D eigenvalue weighted by Gasteiger charge is -2.03. The van der Waals surface area contributed by atoms with Gasteiger partial charge in [0.15, 0.2) is 0 Å². The Labute approximate surface area is 166 Å². The highest BCUT2D eigenvalue weighted by Gasteiger charge is 1.97. The topological polar surface area (TPSA) is 77.8 Å². The molecule has 0 radical (unpaired) electrons. The summed E-state index contributed by atoms with van der Waals surface area (Å²) in [5.74, 6) is -0.653. The van der Waals surface area contributed by atoms with Gasteiger partial charge in [0.05, 0.1) is 18.6 Å². The second kappa shape index (κ2) is 24.7. The van der Waals surface area contributed by atoms with Crippen molar-refractivity contribution in [1.29, 1.82) is 0 Å². The third-order valence-electron chi connectivity index (χ3n) is 4.39. The van der Waals surface area contributed by atoms with Crippen LogP contribution in [0.5, 0.6) is 0 Å². The van der Waals surface area contributed by atoms with Crippen LogP contribution in [-0.4, -0.2) is 39.9 Å². The summed E-state index contributed by atoms with van der Waals surface area (Å²) >= 11 is 5.15. The Kier molecular flexibility index (Phi) is 26.5. The van der Waals surface area contributed by atoms with Crippen LogP contribution in [0.3, 0.4) is 0 Å². The molecule has 0 aromatic heterocycles. The zero-order chi connectivity index (χ0) is 19.9. The van der Waals surface area contributed by atoms with E-state index in [0.717, 1.165) is 12.8 Å². The molecule has 0 spiro atoms. The highest BCUT2D eigenvalue weighted by atomic mass is 35.5. The van der Waals surface area contributed by atoms with Gasteiger partial charge < -0.3 is 15.3 Å². The normalized spacial score (nSPS) is 10.7. The second-order valence-corrected chi connectivity index (χ2v) is 7.67. The van der Waals surface area contributed by atoms with Crippen molar-refractivity contribution in [3.05, 3.63) is 0 Å². The molecule has 26 heavy (non-hydrogen) atoms. The van der Waals surface area contributed by atoms with Gasteiger partial charge in [-0.1, -0.05) is 96.8 Å². The van der Waals surface area contributed by atoms with Crippen molar-refractivity contribution in [2.24, 2.45) is 0 Å². The van der Waals surface area contributed by atoms with E-state index in [1.54, 1.807) is 0 Å². The molecule has 0 rings (SSSR count). The Morgan fingerprint density at radius 2 is 1.00 bits per heavy atom. The molecule has 0 aliphatic carbocycles. The van der Waals surface area contributed by atoms with Crippen LogP contribution in [-0.2, 0) is 4.79 Å². The number of aliphatic hydroxyl groups excluding tert-OH is 2. The van der Waals surface area contributed by atoms with Gasteiger partial charge in [-0.15, -0.1) is 11.6 Å². The van der Waals surface area contributed by atoms with Gasteiger partial charge in [0.25, 0.3) is 0 Å². The fraction of sp³-hybridized carbons (Fsp3) is 0.952. The van der Waals surface area contributed by atoms with Crippen molar-refractivity contribution in [2.45, 2.75) is 115 Å². The number of hydrogen-bond donors (Lipinski definition) is 3. The molecule has 0 fully saturated rings. The maximum atomic E-state index is 10.3. The van der Waals surface area contributed by atoms with Crippen LogP contribution >= 0.6 is 11.6 Å². The first kappa shape index (κ1) is 27.9. The van der Waals surface area contributed by atoms with Gasteiger partial charge in [-0.25, -0.2) is 0 Å². The molecule has 4 nitrogen and oxygen atoms in total. The first-order chi connectivity index (χ1) is 12.6. The third kappa shape index (κ3) is 28.5. The maximum absolute atomic E-state index is 10.3. The van der Waals surface area contributed by atoms with Crippen molar-refractivity contribution in [2.75, 3.05) is 13.2 Å². The SMILES string of the molecule is CCCCCCCCCCCCCCCCCC(=O)O.OCC(Cl)CO. The molecule has 0 amide bonds. The molecule has 0 saturated carbocycles. The molecule has 3 N–H and O–H groups in total. The zero-order valence-electron chi connectivity index (χ0n) is 16.9. The molecule has 0 aliphatic rings. The van der Waals surface area contributed by atoms with E-state index in [4.69, 9.17) is 26.9 Å². The van der Waals surface area contributed by atoms with Gasteiger partial charge >= 0.3 is 5.97 Å². The van der Waals surface area contributed by atoms with Crippen molar-refractivity contribution in [3.63, 3.8) is 0 Å². The van der Waals surface area contributed by atoms with Gasteiger partial charge in [-0.2, -0.15) is 0 Å². The minimum Gasteiger partial charge on any atom is -0.481 e. The molecule has 158 valence electrons. The van der Waals surface area contributed by atoms with Crippen molar-refractivity contribution in [3.8, 4) is 0 Å². The second-order valence-electron chi connectivity index (χ2n) is 7.06. The van der Waals surface area contributed by atoms with E-state index in [-0.39, 0.29) is 13.2 Å². The van der Waals surface area contributed by atoms with Crippen molar-refractivity contribution >= 4 is 17.6 Å². The van der Waals surface area contributed by atoms with E-state index in [1.165, 1.54) is 83.5 Å². The lowest BCUT2D eigenvalue weighted by Crippen LogP contribution is -2.08. The molecular formula is C21H43ClO4. The zero-order valence-corrected chi connectivity index (χ0v) is 17.7. The summed E-state index contributed by atoms with van der Waals surface area (Å²) in [5, 5.41) is 24.1. The Bertz CT molecular complexity index is 271. The van der Waals surface area contributed by atoms with E-state index in [9.17, 15) is 4.79 Å². The molecule has 0 aromatic carbocycles. The number of aliphatic hydroxyl groups is 2. The number of unbranched alkanes of at least 4 members (excludes halogenated alkanes) is 14. The van der Waals surface area contributed by atoms with Gasteiger partial charge in [0, 0.05) is 6.42 Å². The standard InChI is InChI=1S/C18H36O2.C3H7ClO2/c1-2-3-4-5-6-7-8-9-10-11-12-13-14-15-16-17-18(19)20;4-3(1-5)2-6/h2-17H2,1H3,(H,19,20);3,5-6H,1-2H2. The molecule has 0 heterocycles. The number of halogens is 1. The summed E-state index contributed by atoms with van der Waals surface area (Å²) in [5.41, 5.74) is 0. The molecule has 0 saturated heterocycles. The minimum absolute atomic E-state index is 0.155. The number of carboxylic acids is 1. The van der Waals surface area contributed by atoms with Crippen LogP contribution in [0, 0.1) is 0 Å². The number of aliphatic carboxylic acids is 1. The number of alkyl halides is 1. The van der Waals surface area contributed by atoms with E-state index in [2.05, 4.69) is 6.92 Å². The fourth-order valence-electron chi connectivity index (χ4n) is 2.71. The quantitative estimate of drug-likeness (QED) is 0.199. The summed E-state index contributed by atoms with van der Waals surface area (Å²) in [6.07, 6.45) is 20.2. The minimum atomic E-state index is -0.653. The van der Waals surface area contributed by atoms with Crippen LogP contribution in [0.2, 0.25) is 0 Å². The first-order valence-corrected chi connectivity index (χ1v) is 11.1. The summed E-state index contributed by atoms with van der Waals surface area (Å²) in [7, 11) is 0. The maximum Gasteiger partial charge on any atom is 0.303 e. The summed E-state index contributed by atoms with van der Waals surface area (Å²) in [4.78, 5) is 10.3. The lowest BCUT2D eigenvalue weighted by atomic mass is 10.0. The van der Waals surface area contributed by atoms with Gasteiger partial charge in [0.2, 0.25) is 0 Å². The Balaban J connectivity index is 0. The lowest BCUT2D eigenvalue weighted by molar-refractivity contribution is -0.137. The first-order valence-electron chi connectivity index (χ1n) is 10.7. The Morgan fingerprint density at radius 1 is 0.692 bits per heavy atom. The molecule has 0 atom stereocenters. The van der Waals surface area contributed by atoms with Gasteiger partial charge in [0.1, 0.15) is 0 Å². The summed E-state index contributed by atoms with van der Waals surface area (Å²) in [6.45, 7) is 1.96. The van der Waals surface area contributed by atoms with Crippen LogP contribution in [0.4, 0.5) is 0 Å². The number of carboxylic acid groups (broad SMARTS) is 1. The fourth-order valence-corrected chi connectivity index (χ4v) is 2.71. The van der Waals surface area contributed by atoms with E-state index in [0.29, 0.717) is 6.42 Å². The molecule has 0 bridgehead atoms. The molecule has 0 aromatic rings. The monoisotopic (exact) mass is 394 g/mol. The van der Waals surface area contributed by atoms with Gasteiger partial charge in [-0.3, -0.25) is 4.79 Å². The van der Waals surface area contributed by atoms with Crippen LogP contribution < -0.4 is 0 Å². The van der Waals surface area contributed by atoms with E-state index < -0.39 is 11.3 Å². The van der Waals surface area contributed by atoms with E-state index >= 15 is 0 Å². The molecule has 0 unspecified atom stereocenters. The number of hydrogen-bond acceptors (Lipinski definition) is 3. The largest absolute Gasteiger partial charge is 0.481 e. The highest BCUT2D eigenvalue weighted by molar-refractivity contribution is 6.20. The van der Waals surface area contributed by atoms with Crippen LogP contribution in [0.1, 0.15) is 110 Å². The number of carbonyl (C=O) groups is 1. The average Bonchev–Trinajstić information content (AvgIpc) is 2.64. The third-order valence-corrected chi connectivity index (χ3v) is 4.67. The summed E-state index contributed by atoms with van der Waals surface area (Å²) in [6, 6.07) is 0. The Hall–Kier alpha value is -0.320. The molecule has 5 heteroatoms. The van der Waals surface area contributed by atoms with Crippen LogP contribution in [0.25, 0.3) is 0 Å². The number of rotatable bonds is 18. The average molecular weight is 395 g/mol. The van der Waals surface area contributed by atoms with E-state index in [1.807, 2.05) is 0 Å². The van der Waals surface area contributed by atoms with Gasteiger partial charge in [-0.05, 0) is 6.42 Å². The highest BCUT2D eigenvalue weighted by Crippen LogP contribution is 2.13.